The van der Waals surface area contributed by atoms with E-state index in [2.05, 4.69) is 21.3 Å². The number of carbonyl (C=O) groups excluding carboxylic acids is 5. The Morgan fingerprint density at radius 3 is 1.38 bits per heavy atom. The molecule has 0 aliphatic carbocycles. The van der Waals surface area contributed by atoms with Gasteiger partial charge >= 0.3 is 17.9 Å². The average molecular weight is 717 g/mol. The van der Waals surface area contributed by atoms with E-state index in [1.165, 1.54) is 6.92 Å². The molecule has 0 rings (SSSR count). The molecule has 286 valence electrons. The lowest BCUT2D eigenvalue weighted by Gasteiger charge is -2.16. The van der Waals surface area contributed by atoms with Crippen molar-refractivity contribution in [2.75, 3.05) is 39.5 Å². The molecule has 4 amide bonds. The summed E-state index contributed by atoms with van der Waals surface area (Å²) in [7, 11) is 0. The number of hydrogen-bond donors (Lipinski definition) is 7. The van der Waals surface area contributed by atoms with Crippen molar-refractivity contribution < 1.29 is 63.1 Å². The van der Waals surface area contributed by atoms with Crippen molar-refractivity contribution in [3.8, 4) is 0 Å². The third kappa shape index (κ3) is 28.9. The standard InChI is InChI=1S/C33H56N4O13/c1-24(38)12-13-25(32(45)46)36-29(41)15-14-26(33(47)48)37-30(42)17-16-28(40)35-19-9-23-50-21-7-6-20-49-22-8-18-34-27(39)10-4-2-3-5-11-31(43)44/h25-26H,2-23H2,1H3,(H,34,39)(H,35,40)(H,36,41)(H,37,42)(H,43,44)(H,45,46)(H,47,48)/t25-,26-/m0/s1. The van der Waals surface area contributed by atoms with Crippen LogP contribution in [0.25, 0.3) is 0 Å². The summed E-state index contributed by atoms with van der Waals surface area (Å²) < 4.78 is 11.1. The quantitative estimate of drug-likeness (QED) is 0.0473. The van der Waals surface area contributed by atoms with Crippen LogP contribution in [0.5, 0.6) is 0 Å². The smallest absolute Gasteiger partial charge is 0.326 e. The predicted octanol–water partition coefficient (Wildman–Crippen LogP) is 1.31. The van der Waals surface area contributed by atoms with Crippen molar-refractivity contribution in [2.24, 2.45) is 0 Å². The Morgan fingerprint density at radius 2 is 0.900 bits per heavy atom. The zero-order valence-corrected chi connectivity index (χ0v) is 29.1. The average Bonchev–Trinajstić information content (AvgIpc) is 3.05. The number of ketones is 1. The molecule has 0 unspecified atom stereocenters. The molecule has 0 aromatic rings. The summed E-state index contributed by atoms with van der Waals surface area (Å²) in [6.45, 7) is 4.26. The molecule has 0 saturated carbocycles. The molecule has 17 nitrogen and oxygen atoms in total. The second-order valence-corrected chi connectivity index (χ2v) is 11.8. The van der Waals surface area contributed by atoms with Crippen LogP contribution in [-0.2, 0) is 47.8 Å². The Labute approximate surface area is 293 Å². The summed E-state index contributed by atoms with van der Waals surface area (Å²) in [5.41, 5.74) is 0. The minimum absolute atomic E-state index is 0.00769. The Morgan fingerprint density at radius 1 is 0.480 bits per heavy atom. The molecule has 0 aromatic heterocycles. The largest absolute Gasteiger partial charge is 0.481 e. The molecule has 7 N–H and O–H groups in total. The van der Waals surface area contributed by atoms with E-state index in [0.717, 1.165) is 32.1 Å². The van der Waals surface area contributed by atoms with Gasteiger partial charge in [0.25, 0.3) is 0 Å². The number of Topliss-reactive ketones (excluding diaryl/α,β-unsaturated/α-hetero) is 1. The van der Waals surface area contributed by atoms with Gasteiger partial charge in [0, 0.05) is 78.0 Å². The monoisotopic (exact) mass is 716 g/mol. The number of carboxylic acid groups (broad SMARTS) is 3. The van der Waals surface area contributed by atoms with Crippen LogP contribution in [0, 0.1) is 0 Å². The van der Waals surface area contributed by atoms with Gasteiger partial charge in [-0.25, -0.2) is 9.59 Å². The van der Waals surface area contributed by atoms with Crippen molar-refractivity contribution >= 4 is 47.3 Å². The molecule has 0 aliphatic heterocycles. The first kappa shape index (κ1) is 45.9. The lowest BCUT2D eigenvalue weighted by atomic mass is 10.1. The number of amides is 4. The molecular formula is C33H56N4O13. The van der Waals surface area contributed by atoms with Gasteiger partial charge in [-0.2, -0.15) is 0 Å². The Balaban J connectivity index is 3.81. The molecule has 0 aliphatic rings. The number of carbonyl (C=O) groups is 8. The molecule has 0 fully saturated rings. The predicted molar refractivity (Wildman–Crippen MR) is 179 cm³/mol. The van der Waals surface area contributed by atoms with Gasteiger partial charge in [-0.15, -0.1) is 0 Å². The molecule has 17 heteroatoms. The highest BCUT2D eigenvalue weighted by Gasteiger charge is 2.24. The van der Waals surface area contributed by atoms with Crippen LogP contribution < -0.4 is 21.3 Å². The van der Waals surface area contributed by atoms with Gasteiger partial charge in [-0.1, -0.05) is 12.8 Å². The van der Waals surface area contributed by atoms with E-state index in [9.17, 15) is 48.6 Å². The second-order valence-electron chi connectivity index (χ2n) is 11.8. The van der Waals surface area contributed by atoms with Gasteiger partial charge < -0.3 is 50.9 Å². The Kier molecular flexibility index (Phi) is 27.3. The molecule has 2 atom stereocenters. The summed E-state index contributed by atoms with van der Waals surface area (Å²) in [6, 6.07) is -2.70. The van der Waals surface area contributed by atoms with Gasteiger partial charge in [-0.3, -0.25) is 24.0 Å². The highest BCUT2D eigenvalue weighted by Crippen LogP contribution is 2.06. The second kappa shape index (κ2) is 29.8. The van der Waals surface area contributed by atoms with Crippen molar-refractivity contribution in [2.45, 2.75) is 122 Å². The van der Waals surface area contributed by atoms with Crippen LogP contribution in [-0.4, -0.2) is 114 Å². The van der Waals surface area contributed by atoms with E-state index in [4.69, 9.17) is 14.6 Å². The van der Waals surface area contributed by atoms with E-state index in [0.29, 0.717) is 65.2 Å². The molecule has 0 aromatic carbocycles. The highest BCUT2D eigenvalue weighted by atomic mass is 16.5. The fourth-order valence-corrected chi connectivity index (χ4v) is 4.41. The summed E-state index contributed by atoms with van der Waals surface area (Å²) in [5.74, 6) is -5.56. The third-order valence-corrected chi connectivity index (χ3v) is 7.24. The first-order chi connectivity index (χ1) is 23.8. The van der Waals surface area contributed by atoms with E-state index >= 15 is 0 Å². The van der Waals surface area contributed by atoms with Crippen molar-refractivity contribution in [1.29, 1.82) is 0 Å². The number of ether oxygens (including phenoxy) is 2. The van der Waals surface area contributed by atoms with E-state index in [1.54, 1.807) is 0 Å². The van der Waals surface area contributed by atoms with Gasteiger partial charge in [0.15, 0.2) is 0 Å². The van der Waals surface area contributed by atoms with Crippen molar-refractivity contribution in [3.63, 3.8) is 0 Å². The topological polar surface area (TPSA) is 264 Å². The van der Waals surface area contributed by atoms with E-state index in [-0.39, 0.29) is 56.6 Å². The SMILES string of the molecule is CC(=O)CC[C@H](NC(=O)CC[C@H](NC(=O)CCC(=O)NCCCOCCCCOCCCNC(=O)CCCCCCC(=O)O)C(=O)O)C(=O)O. The van der Waals surface area contributed by atoms with Crippen LogP contribution in [0.3, 0.4) is 0 Å². The maximum absolute atomic E-state index is 12.2. The summed E-state index contributed by atoms with van der Waals surface area (Å²) in [4.78, 5) is 92.4. The molecule has 0 bridgehead atoms. The van der Waals surface area contributed by atoms with Crippen LogP contribution in [0.1, 0.15) is 110 Å². The van der Waals surface area contributed by atoms with Gasteiger partial charge in [-0.05, 0) is 58.3 Å². The summed E-state index contributed by atoms with van der Waals surface area (Å²) in [6.07, 6.45) is 5.29. The number of aliphatic carboxylic acids is 3. The molecule has 0 saturated heterocycles. The van der Waals surface area contributed by atoms with Crippen molar-refractivity contribution in [1.82, 2.24) is 21.3 Å². The number of unbranched alkanes of at least 4 members (excludes halogenated alkanes) is 4. The fourth-order valence-electron chi connectivity index (χ4n) is 4.41. The normalized spacial score (nSPS) is 11.9. The number of rotatable bonds is 33. The lowest BCUT2D eigenvalue weighted by molar-refractivity contribution is -0.143. The van der Waals surface area contributed by atoms with Crippen molar-refractivity contribution in [3.05, 3.63) is 0 Å². The van der Waals surface area contributed by atoms with Crippen LogP contribution >= 0.6 is 0 Å². The van der Waals surface area contributed by atoms with Crippen LogP contribution in [0.15, 0.2) is 0 Å². The lowest BCUT2D eigenvalue weighted by Crippen LogP contribution is -2.44. The zero-order chi connectivity index (χ0) is 37.6. The number of hydrogen-bond acceptors (Lipinski definition) is 10. The highest BCUT2D eigenvalue weighted by molar-refractivity contribution is 5.88. The van der Waals surface area contributed by atoms with Gasteiger partial charge in [0.2, 0.25) is 23.6 Å². The number of nitrogens with one attached hydrogen (secondary N) is 4. The zero-order valence-electron chi connectivity index (χ0n) is 29.1. The third-order valence-electron chi connectivity index (χ3n) is 7.24. The maximum atomic E-state index is 12.2. The minimum Gasteiger partial charge on any atom is -0.481 e. The van der Waals surface area contributed by atoms with Gasteiger partial charge in [0.1, 0.15) is 17.9 Å². The molecule has 0 spiro atoms. The maximum Gasteiger partial charge on any atom is 0.326 e. The van der Waals surface area contributed by atoms with Crippen LogP contribution in [0.4, 0.5) is 0 Å². The Bertz CT molecular complexity index is 1070. The van der Waals surface area contributed by atoms with E-state index in [1.807, 2.05) is 0 Å². The van der Waals surface area contributed by atoms with Gasteiger partial charge in [0.05, 0.1) is 0 Å². The summed E-state index contributed by atoms with van der Waals surface area (Å²) >= 11 is 0. The first-order valence-electron chi connectivity index (χ1n) is 17.3. The van der Waals surface area contributed by atoms with E-state index < -0.39 is 47.7 Å². The molecule has 0 radical (unpaired) electrons. The Hall–Kier alpha value is -4.12. The molecule has 0 heterocycles. The van der Waals surface area contributed by atoms with Crippen LogP contribution in [0.2, 0.25) is 0 Å². The summed E-state index contributed by atoms with van der Waals surface area (Å²) in [5, 5.41) is 37.2. The first-order valence-corrected chi connectivity index (χ1v) is 17.3. The molecular weight excluding hydrogens is 660 g/mol. The minimum atomic E-state index is -1.41. The fraction of sp³-hybridized carbons (Fsp3) is 0.758. The number of carboxylic acids is 3. The molecule has 50 heavy (non-hydrogen) atoms.